The minimum Gasteiger partial charge on any atom is -0.484 e. The first-order chi connectivity index (χ1) is 9.06. The summed E-state index contributed by atoms with van der Waals surface area (Å²) >= 11 is 3.24. The first-order valence-electron chi connectivity index (χ1n) is 5.72. The lowest BCUT2D eigenvalue weighted by atomic mass is 10.2. The molecule has 1 aromatic rings. The number of nitrogens with one attached hydrogen (secondary N) is 1. The number of ether oxygens (including phenoxy) is 2. The standard InChI is InChI=1S/C13H16BrNO4/c1-9(7-18-2)15-13(17)8-19-11-3-4-12(14)10(5-11)6-16/h3-6,9H,7-8H2,1-2H3,(H,15,17). The Morgan fingerprint density at radius 2 is 2.26 bits per heavy atom. The fraction of sp³-hybridized carbons (Fsp3) is 0.385. The van der Waals surface area contributed by atoms with Crippen molar-refractivity contribution in [2.24, 2.45) is 0 Å². The maximum atomic E-state index is 11.6. The van der Waals surface area contributed by atoms with E-state index in [1.165, 1.54) is 0 Å². The molecular formula is C13H16BrNO4. The Hall–Kier alpha value is -1.40. The molecule has 1 atom stereocenters. The average Bonchev–Trinajstić information content (AvgIpc) is 2.38. The zero-order chi connectivity index (χ0) is 14.3. The van der Waals surface area contributed by atoms with Crippen LogP contribution < -0.4 is 10.1 Å². The van der Waals surface area contributed by atoms with Crippen LogP contribution in [0.5, 0.6) is 5.75 Å². The van der Waals surface area contributed by atoms with Crippen molar-refractivity contribution in [1.29, 1.82) is 0 Å². The molecule has 1 unspecified atom stereocenters. The molecule has 5 nitrogen and oxygen atoms in total. The second-order valence-corrected chi connectivity index (χ2v) is 4.87. The first kappa shape index (κ1) is 15.7. The number of aldehydes is 1. The van der Waals surface area contributed by atoms with Crippen LogP contribution in [0.25, 0.3) is 0 Å². The number of methoxy groups -OCH3 is 1. The van der Waals surface area contributed by atoms with Gasteiger partial charge in [-0.25, -0.2) is 0 Å². The van der Waals surface area contributed by atoms with E-state index in [9.17, 15) is 9.59 Å². The maximum Gasteiger partial charge on any atom is 0.258 e. The molecule has 0 saturated heterocycles. The molecule has 0 bridgehead atoms. The summed E-state index contributed by atoms with van der Waals surface area (Å²) in [5.41, 5.74) is 0.477. The molecule has 0 radical (unpaired) electrons. The number of rotatable bonds is 7. The van der Waals surface area contributed by atoms with Gasteiger partial charge in [-0.05, 0) is 25.1 Å². The molecular weight excluding hydrogens is 314 g/mol. The van der Waals surface area contributed by atoms with E-state index >= 15 is 0 Å². The van der Waals surface area contributed by atoms with Gasteiger partial charge in [-0.3, -0.25) is 9.59 Å². The lowest BCUT2D eigenvalue weighted by Crippen LogP contribution is -2.38. The van der Waals surface area contributed by atoms with E-state index in [1.807, 2.05) is 6.92 Å². The van der Waals surface area contributed by atoms with Crippen molar-refractivity contribution in [3.05, 3.63) is 28.2 Å². The van der Waals surface area contributed by atoms with Gasteiger partial charge in [-0.1, -0.05) is 15.9 Å². The van der Waals surface area contributed by atoms with Crippen LogP contribution >= 0.6 is 15.9 Å². The summed E-state index contributed by atoms with van der Waals surface area (Å²) in [6.45, 7) is 2.18. The third-order valence-corrected chi connectivity index (χ3v) is 3.01. The van der Waals surface area contributed by atoms with Crippen LogP contribution in [0.15, 0.2) is 22.7 Å². The largest absolute Gasteiger partial charge is 0.484 e. The van der Waals surface area contributed by atoms with Crippen molar-refractivity contribution < 1.29 is 19.1 Å². The number of carbonyl (C=O) groups is 2. The van der Waals surface area contributed by atoms with Crippen molar-refractivity contribution in [3.63, 3.8) is 0 Å². The predicted octanol–water partition coefficient (Wildman–Crippen LogP) is 1.79. The minimum atomic E-state index is -0.236. The highest BCUT2D eigenvalue weighted by atomic mass is 79.9. The fourth-order valence-electron chi connectivity index (χ4n) is 1.46. The van der Waals surface area contributed by atoms with Gasteiger partial charge in [0.1, 0.15) is 5.75 Å². The lowest BCUT2D eigenvalue weighted by Gasteiger charge is -2.13. The van der Waals surface area contributed by atoms with Crippen molar-refractivity contribution in [1.82, 2.24) is 5.32 Å². The number of benzene rings is 1. The van der Waals surface area contributed by atoms with Crippen LogP contribution in [0.1, 0.15) is 17.3 Å². The van der Waals surface area contributed by atoms with Gasteiger partial charge in [0.2, 0.25) is 0 Å². The zero-order valence-electron chi connectivity index (χ0n) is 10.8. The molecule has 6 heteroatoms. The quantitative estimate of drug-likeness (QED) is 0.774. The molecule has 0 aliphatic carbocycles. The van der Waals surface area contributed by atoms with Crippen molar-refractivity contribution in [3.8, 4) is 5.75 Å². The average molecular weight is 330 g/mol. The van der Waals surface area contributed by atoms with Gasteiger partial charge in [0.25, 0.3) is 5.91 Å². The van der Waals surface area contributed by atoms with E-state index in [0.29, 0.717) is 22.4 Å². The third kappa shape index (κ3) is 5.40. The van der Waals surface area contributed by atoms with Crippen LogP contribution in [0.4, 0.5) is 0 Å². The molecule has 1 rings (SSSR count). The lowest BCUT2D eigenvalue weighted by molar-refractivity contribution is -0.124. The van der Waals surface area contributed by atoms with Crippen LogP contribution in [0.2, 0.25) is 0 Å². The van der Waals surface area contributed by atoms with Crippen LogP contribution in [0.3, 0.4) is 0 Å². The molecule has 0 spiro atoms. The van der Waals surface area contributed by atoms with E-state index < -0.39 is 0 Å². The Kier molecular flexibility index (Phi) is 6.52. The van der Waals surface area contributed by atoms with Gasteiger partial charge in [-0.2, -0.15) is 0 Å². The molecule has 1 amide bonds. The number of amides is 1. The van der Waals surface area contributed by atoms with Gasteiger partial charge in [0.05, 0.1) is 6.61 Å². The Labute approximate surface area is 120 Å². The molecule has 1 N–H and O–H groups in total. The van der Waals surface area contributed by atoms with Crippen LogP contribution in [0, 0.1) is 0 Å². The summed E-state index contributed by atoms with van der Waals surface area (Å²) in [7, 11) is 1.57. The van der Waals surface area contributed by atoms with Gasteiger partial charge < -0.3 is 14.8 Å². The monoisotopic (exact) mass is 329 g/mol. The first-order valence-corrected chi connectivity index (χ1v) is 6.52. The Bertz CT molecular complexity index is 450. The second-order valence-electron chi connectivity index (χ2n) is 4.01. The summed E-state index contributed by atoms with van der Waals surface area (Å²) < 4.78 is 10.9. The Morgan fingerprint density at radius 1 is 1.53 bits per heavy atom. The Morgan fingerprint density at radius 3 is 2.89 bits per heavy atom. The number of carbonyl (C=O) groups excluding carboxylic acids is 2. The molecule has 0 aromatic heterocycles. The summed E-state index contributed by atoms with van der Waals surface area (Å²) in [6.07, 6.45) is 0.720. The number of hydrogen-bond donors (Lipinski definition) is 1. The van der Waals surface area contributed by atoms with Gasteiger partial charge in [-0.15, -0.1) is 0 Å². The molecule has 0 aliphatic rings. The fourth-order valence-corrected chi connectivity index (χ4v) is 1.80. The second kappa shape index (κ2) is 7.91. The van der Waals surface area contributed by atoms with Crippen LogP contribution in [-0.4, -0.2) is 38.6 Å². The van der Waals surface area contributed by atoms with Gasteiger partial charge >= 0.3 is 0 Å². The van der Waals surface area contributed by atoms with E-state index in [4.69, 9.17) is 9.47 Å². The van der Waals surface area contributed by atoms with E-state index in [2.05, 4.69) is 21.2 Å². The molecule has 19 heavy (non-hydrogen) atoms. The van der Waals surface area contributed by atoms with Gasteiger partial charge in [0, 0.05) is 23.2 Å². The molecule has 0 fully saturated rings. The summed E-state index contributed by atoms with van der Waals surface area (Å²) in [4.78, 5) is 22.3. The topological polar surface area (TPSA) is 64.6 Å². The molecule has 104 valence electrons. The van der Waals surface area contributed by atoms with Crippen LogP contribution in [-0.2, 0) is 9.53 Å². The highest BCUT2D eigenvalue weighted by Crippen LogP contribution is 2.20. The van der Waals surface area contributed by atoms with E-state index in [1.54, 1.807) is 25.3 Å². The smallest absolute Gasteiger partial charge is 0.258 e. The van der Waals surface area contributed by atoms with Crippen molar-refractivity contribution in [2.45, 2.75) is 13.0 Å². The maximum absolute atomic E-state index is 11.6. The SMILES string of the molecule is COCC(C)NC(=O)COc1ccc(Br)c(C=O)c1. The van der Waals surface area contributed by atoms with E-state index in [0.717, 1.165) is 6.29 Å². The zero-order valence-corrected chi connectivity index (χ0v) is 12.4. The molecule has 0 heterocycles. The van der Waals surface area contributed by atoms with Crippen molar-refractivity contribution in [2.75, 3.05) is 20.3 Å². The molecule has 0 saturated carbocycles. The predicted molar refractivity (Wildman–Crippen MR) is 74.5 cm³/mol. The minimum absolute atomic E-state index is 0.0726. The molecule has 0 aliphatic heterocycles. The van der Waals surface area contributed by atoms with E-state index in [-0.39, 0.29) is 18.6 Å². The van der Waals surface area contributed by atoms with Gasteiger partial charge in [0.15, 0.2) is 12.9 Å². The number of hydrogen-bond acceptors (Lipinski definition) is 4. The summed E-state index contributed by atoms with van der Waals surface area (Å²) in [6, 6.07) is 4.88. The summed E-state index contributed by atoms with van der Waals surface area (Å²) in [5.74, 6) is 0.236. The molecule has 1 aromatic carbocycles. The number of halogens is 1. The highest BCUT2D eigenvalue weighted by Gasteiger charge is 2.08. The summed E-state index contributed by atoms with van der Waals surface area (Å²) in [5, 5.41) is 2.72. The third-order valence-electron chi connectivity index (χ3n) is 2.29. The highest BCUT2D eigenvalue weighted by molar-refractivity contribution is 9.10. The van der Waals surface area contributed by atoms with Crippen molar-refractivity contribution >= 4 is 28.1 Å². The normalized spacial score (nSPS) is 11.7. The Balaban J connectivity index is 2.48.